The van der Waals surface area contributed by atoms with Crippen LogP contribution in [0.15, 0.2) is 0 Å². The Kier molecular flexibility index (Phi) is 3.89. The van der Waals surface area contributed by atoms with Gasteiger partial charge in [-0.05, 0) is 26.3 Å². The summed E-state index contributed by atoms with van der Waals surface area (Å²) in [4.78, 5) is 15.4. The number of amides is 1. The molecule has 1 saturated heterocycles. The maximum absolute atomic E-state index is 11.7. The fourth-order valence-corrected chi connectivity index (χ4v) is 2.08. The van der Waals surface area contributed by atoms with Crippen molar-refractivity contribution >= 4 is 5.91 Å². The minimum absolute atomic E-state index is 0.107. The van der Waals surface area contributed by atoms with Crippen LogP contribution < -0.4 is 0 Å². The normalized spacial score (nSPS) is 25.0. The van der Waals surface area contributed by atoms with Crippen molar-refractivity contribution in [3.05, 3.63) is 0 Å². The van der Waals surface area contributed by atoms with E-state index in [-0.39, 0.29) is 24.6 Å². The van der Waals surface area contributed by atoms with Gasteiger partial charge in [0, 0.05) is 20.1 Å². The van der Waals surface area contributed by atoms with Gasteiger partial charge in [-0.2, -0.15) is 0 Å². The summed E-state index contributed by atoms with van der Waals surface area (Å²) in [5, 5.41) is 9.14. The second-order valence-corrected chi connectivity index (χ2v) is 4.13. The second-order valence-electron chi connectivity index (χ2n) is 4.13. The van der Waals surface area contributed by atoms with Gasteiger partial charge in [-0.15, -0.1) is 0 Å². The highest BCUT2D eigenvalue weighted by atomic mass is 16.3. The van der Waals surface area contributed by atoms with Gasteiger partial charge in [-0.1, -0.05) is 0 Å². The summed E-state index contributed by atoms with van der Waals surface area (Å²) in [5.41, 5.74) is 0. The van der Waals surface area contributed by atoms with Crippen molar-refractivity contribution in [1.82, 2.24) is 9.80 Å². The predicted molar refractivity (Wildman–Crippen MR) is 55.0 cm³/mol. The van der Waals surface area contributed by atoms with E-state index >= 15 is 0 Å². The SMILES string of the molecule is CC(C(=O)N(C)C)N1CCCC1CO. The lowest BCUT2D eigenvalue weighted by Crippen LogP contribution is -2.47. The van der Waals surface area contributed by atoms with Gasteiger partial charge < -0.3 is 10.0 Å². The van der Waals surface area contributed by atoms with Crippen LogP contribution in [0.3, 0.4) is 0 Å². The van der Waals surface area contributed by atoms with E-state index in [4.69, 9.17) is 5.11 Å². The Labute approximate surface area is 85.5 Å². The summed E-state index contributed by atoms with van der Waals surface area (Å²) >= 11 is 0. The number of rotatable bonds is 3. The van der Waals surface area contributed by atoms with Crippen LogP contribution in [0.5, 0.6) is 0 Å². The zero-order valence-electron chi connectivity index (χ0n) is 9.23. The lowest BCUT2D eigenvalue weighted by molar-refractivity contribution is -0.134. The van der Waals surface area contributed by atoms with Crippen LogP contribution in [0.2, 0.25) is 0 Å². The first-order chi connectivity index (χ1) is 6.57. The Morgan fingerprint density at radius 2 is 2.29 bits per heavy atom. The Bertz CT molecular complexity index is 206. The average Bonchev–Trinajstić information content (AvgIpc) is 2.62. The molecule has 82 valence electrons. The molecule has 14 heavy (non-hydrogen) atoms. The molecule has 1 fully saturated rings. The number of likely N-dealkylation sites (N-methyl/N-ethyl adjacent to an activating group) is 1. The Balaban J connectivity index is 2.59. The van der Waals surface area contributed by atoms with Crippen LogP contribution in [-0.4, -0.2) is 60.1 Å². The van der Waals surface area contributed by atoms with Crippen molar-refractivity contribution in [3.63, 3.8) is 0 Å². The molecule has 0 aromatic rings. The van der Waals surface area contributed by atoms with Gasteiger partial charge in [-0.3, -0.25) is 9.69 Å². The first-order valence-electron chi connectivity index (χ1n) is 5.15. The lowest BCUT2D eigenvalue weighted by Gasteiger charge is -2.30. The molecular formula is C10H20N2O2. The topological polar surface area (TPSA) is 43.8 Å². The van der Waals surface area contributed by atoms with Gasteiger partial charge in [0.15, 0.2) is 0 Å². The summed E-state index contributed by atoms with van der Waals surface area (Å²) in [6.07, 6.45) is 2.08. The molecule has 0 spiro atoms. The van der Waals surface area contributed by atoms with Crippen molar-refractivity contribution in [1.29, 1.82) is 0 Å². The minimum Gasteiger partial charge on any atom is -0.395 e. The molecule has 0 aromatic heterocycles. The van der Waals surface area contributed by atoms with Crippen molar-refractivity contribution in [3.8, 4) is 0 Å². The van der Waals surface area contributed by atoms with Gasteiger partial charge in [0.25, 0.3) is 0 Å². The summed E-state index contributed by atoms with van der Waals surface area (Å²) in [6, 6.07) is 0.0681. The molecule has 0 radical (unpaired) electrons. The molecule has 4 heteroatoms. The maximum Gasteiger partial charge on any atom is 0.239 e. The zero-order chi connectivity index (χ0) is 10.7. The van der Waals surface area contributed by atoms with Crippen LogP contribution >= 0.6 is 0 Å². The Morgan fingerprint density at radius 1 is 1.64 bits per heavy atom. The fourth-order valence-electron chi connectivity index (χ4n) is 2.08. The summed E-state index contributed by atoms with van der Waals surface area (Å²) in [7, 11) is 3.53. The van der Waals surface area contributed by atoms with Crippen molar-refractivity contribution in [2.75, 3.05) is 27.2 Å². The van der Waals surface area contributed by atoms with E-state index in [2.05, 4.69) is 4.90 Å². The molecule has 1 heterocycles. The van der Waals surface area contributed by atoms with Gasteiger partial charge in [-0.25, -0.2) is 0 Å². The van der Waals surface area contributed by atoms with E-state index in [0.717, 1.165) is 19.4 Å². The molecule has 2 unspecified atom stereocenters. The van der Waals surface area contributed by atoms with E-state index in [1.807, 2.05) is 6.92 Å². The highest BCUT2D eigenvalue weighted by molar-refractivity contribution is 5.81. The third-order valence-electron chi connectivity index (χ3n) is 2.93. The summed E-state index contributed by atoms with van der Waals surface area (Å²) in [6.45, 7) is 2.99. The number of carbonyl (C=O) groups excluding carboxylic acids is 1. The van der Waals surface area contributed by atoms with Crippen molar-refractivity contribution in [2.45, 2.75) is 31.8 Å². The van der Waals surface area contributed by atoms with Gasteiger partial charge >= 0.3 is 0 Å². The summed E-state index contributed by atoms with van der Waals surface area (Å²) in [5.74, 6) is 0.116. The zero-order valence-corrected chi connectivity index (χ0v) is 9.23. The summed E-state index contributed by atoms with van der Waals surface area (Å²) < 4.78 is 0. The quantitative estimate of drug-likeness (QED) is 0.693. The highest BCUT2D eigenvalue weighted by Crippen LogP contribution is 2.20. The molecular weight excluding hydrogens is 180 g/mol. The van der Waals surface area contributed by atoms with Crippen LogP contribution in [0.1, 0.15) is 19.8 Å². The van der Waals surface area contributed by atoms with Gasteiger partial charge in [0.2, 0.25) is 5.91 Å². The number of hydrogen-bond acceptors (Lipinski definition) is 3. The number of hydrogen-bond donors (Lipinski definition) is 1. The molecule has 2 atom stereocenters. The van der Waals surface area contributed by atoms with Crippen LogP contribution in [0, 0.1) is 0 Å². The van der Waals surface area contributed by atoms with Gasteiger partial charge in [0.1, 0.15) is 0 Å². The smallest absolute Gasteiger partial charge is 0.239 e. The van der Waals surface area contributed by atoms with E-state index in [0.29, 0.717) is 0 Å². The first kappa shape index (κ1) is 11.5. The van der Waals surface area contributed by atoms with Crippen LogP contribution in [-0.2, 0) is 4.79 Å². The van der Waals surface area contributed by atoms with E-state index in [1.54, 1.807) is 19.0 Å². The highest BCUT2D eigenvalue weighted by Gasteiger charge is 2.31. The number of aliphatic hydroxyl groups excluding tert-OH is 1. The number of nitrogens with zero attached hydrogens (tertiary/aromatic N) is 2. The Morgan fingerprint density at radius 3 is 2.79 bits per heavy atom. The maximum atomic E-state index is 11.7. The molecule has 1 aliphatic heterocycles. The molecule has 1 amide bonds. The van der Waals surface area contributed by atoms with Crippen molar-refractivity contribution < 1.29 is 9.90 Å². The number of aliphatic hydroxyl groups is 1. The Hall–Kier alpha value is -0.610. The van der Waals surface area contributed by atoms with Gasteiger partial charge in [0.05, 0.1) is 12.6 Å². The third kappa shape index (κ3) is 2.25. The molecule has 0 aromatic carbocycles. The number of likely N-dealkylation sites (tertiary alicyclic amines) is 1. The molecule has 0 saturated carbocycles. The van der Waals surface area contributed by atoms with E-state index in [1.165, 1.54) is 0 Å². The molecule has 1 aliphatic rings. The molecule has 1 rings (SSSR count). The lowest BCUT2D eigenvalue weighted by atomic mass is 10.2. The number of carbonyl (C=O) groups is 1. The molecule has 1 N–H and O–H groups in total. The van der Waals surface area contributed by atoms with Crippen LogP contribution in [0.4, 0.5) is 0 Å². The van der Waals surface area contributed by atoms with E-state index < -0.39 is 0 Å². The molecule has 0 bridgehead atoms. The predicted octanol–water partition coefficient (Wildman–Crippen LogP) is -0.0802. The first-order valence-corrected chi connectivity index (χ1v) is 5.15. The molecule has 0 aliphatic carbocycles. The van der Waals surface area contributed by atoms with Crippen molar-refractivity contribution in [2.24, 2.45) is 0 Å². The molecule has 4 nitrogen and oxygen atoms in total. The van der Waals surface area contributed by atoms with Crippen LogP contribution in [0.25, 0.3) is 0 Å². The second kappa shape index (κ2) is 4.75. The standard InChI is InChI=1S/C10H20N2O2/c1-8(10(14)11(2)3)12-6-4-5-9(12)7-13/h8-9,13H,4-7H2,1-3H3. The average molecular weight is 200 g/mol. The van der Waals surface area contributed by atoms with E-state index in [9.17, 15) is 4.79 Å². The fraction of sp³-hybridized carbons (Fsp3) is 0.900. The minimum atomic E-state index is -0.107. The third-order valence-corrected chi connectivity index (χ3v) is 2.93. The monoisotopic (exact) mass is 200 g/mol. The largest absolute Gasteiger partial charge is 0.395 e.